The molecule has 4 heteroatoms. The van der Waals surface area contributed by atoms with Gasteiger partial charge in [-0.1, -0.05) is 54.7 Å². The lowest BCUT2D eigenvalue weighted by molar-refractivity contribution is 0.389. The SMILES string of the molecule is COc1ccc(Br)cc1CC(C)(CBr)CBr. The van der Waals surface area contributed by atoms with E-state index in [2.05, 4.69) is 60.8 Å². The van der Waals surface area contributed by atoms with Crippen molar-refractivity contribution in [2.75, 3.05) is 17.8 Å². The molecule has 0 aliphatic heterocycles. The van der Waals surface area contributed by atoms with Gasteiger partial charge < -0.3 is 4.74 Å². The van der Waals surface area contributed by atoms with E-state index in [0.29, 0.717) is 0 Å². The number of ether oxygens (including phenoxy) is 1. The monoisotopic (exact) mass is 412 g/mol. The zero-order chi connectivity index (χ0) is 12.2. The summed E-state index contributed by atoms with van der Waals surface area (Å²) in [7, 11) is 1.71. The first-order valence-corrected chi connectivity index (χ1v) is 8.02. The molecule has 0 bridgehead atoms. The highest BCUT2D eigenvalue weighted by Gasteiger charge is 2.23. The third kappa shape index (κ3) is 3.74. The molecule has 0 aliphatic rings. The van der Waals surface area contributed by atoms with Crippen molar-refractivity contribution >= 4 is 47.8 Å². The van der Waals surface area contributed by atoms with Crippen LogP contribution in [0.5, 0.6) is 5.75 Å². The predicted octanol–water partition coefficient (Wildman–Crippen LogP) is 4.80. The smallest absolute Gasteiger partial charge is 0.122 e. The summed E-state index contributed by atoms with van der Waals surface area (Å²) in [6.45, 7) is 2.25. The highest BCUT2D eigenvalue weighted by atomic mass is 79.9. The summed E-state index contributed by atoms with van der Waals surface area (Å²) in [6, 6.07) is 6.13. The van der Waals surface area contributed by atoms with Gasteiger partial charge in [0, 0.05) is 15.1 Å². The Labute approximate surface area is 122 Å². The maximum atomic E-state index is 5.38. The Kier molecular flexibility index (Phi) is 5.82. The Morgan fingerprint density at radius 1 is 1.25 bits per heavy atom. The van der Waals surface area contributed by atoms with Gasteiger partial charge in [0.25, 0.3) is 0 Å². The summed E-state index contributed by atoms with van der Waals surface area (Å²) in [4.78, 5) is 0. The number of hydrogen-bond acceptors (Lipinski definition) is 1. The normalized spacial score (nSPS) is 11.6. The van der Waals surface area contributed by atoms with Gasteiger partial charge in [-0.15, -0.1) is 0 Å². The number of halogens is 3. The van der Waals surface area contributed by atoms with Gasteiger partial charge in [-0.2, -0.15) is 0 Å². The summed E-state index contributed by atoms with van der Waals surface area (Å²) in [5.74, 6) is 0.955. The molecule has 1 nitrogen and oxygen atoms in total. The van der Waals surface area contributed by atoms with Crippen molar-refractivity contribution in [1.82, 2.24) is 0 Å². The van der Waals surface area contributed by atoms with E-state index in [9.17, 15) is 0 Å². The van der Waals surface area contributed by atoms with Crippen molar-refractivity contribution in [3.63, 3.8) is 0 Å². The van der Waals surface area contributed by atoms with E-state index in [4.69, 9.17) is 4.74 Å². The van der Waals surface area contributed by atoms with Crippen LogP contribution < -0.4 is 4.74 Å². The second-order valence-corrected chi connectivity index (χ2v) is 6.25. The Morgan fingerprint density at radius 2 is 1.88 bits per heavy atom. The lowest BCUT2D eigenvalue weighted by Crippen LogP contribution is -2.23. The number of methoxy groups -OCH3 is 1. The van der Waals surface area contributed by atoms with Crippen molar-refractivity contribution in [3.05, 3.63) is 28.2 Å². The molecule has 0 atom stereocenters. The van der Waals surface area contributed by atoms with Crippen LogP contribution in [0.3, 0.4) is 0 Å². The van der Waals surface area contributed by atoms with Crippen LogP contribution in [0, 0.1) is 5.41 Å². The van der Waals surface area contributed by atoms with Crippen LogP contribution in [0.15, 0.2) is 22.7 Å². The van der Waals surface area contributed by atoms with Gasteiger partial charge in [0.1, 0.15) is 5.75 Å². The standard InChI is InChI=1S/C12H15Br3O/c1-12(7-13,8-14)6-9-5-10(15)3-4-11(9)16-2/h3-5H,6-8H2,1-2H3. The average molecular weight is 415 g/mol. The maximum absolute atomic E-state index is 5.38. The molecule has 1 aromatic carbocycles. The predicted molar refractivity (Wildman–Crippen MR) is 80.1 cm³/mol. The summed E-state index contributed by atoms with van der Waals surface area (Å²) >= 11 is 10.6. The molecule has 0 fully saturated rings. The molecule has 0 heterocycles. The van der Waals surface area contributed by atoms with Gasteiger partial charge in [-0.3, -0.25) is 0 Å². The largest absolute Gasteiger partial charge is 0.496 e. The molecule has 0 radical (unpaired) electrons. The Bertz CT molecular complexity index is 348. The quantitative estimate of drug-likeness (QED) is 0.629. The fourth-order valence-electron chi connectivity index (χ4n) is 1.48. The summed E-state index contributed by atoms with van der Waals surface area (Å²) < 4.78 is 6.48. The van der Waals surface area contributed by atoms with Crippen LogP contribution in [0.2, 0.25) is 0 Å². The average Bonchev–Trinajstić information content (AvgIpc) is 2.29. The molecule has 0 N–H and O–H groups in total. The third-order valence-electron chi connectivity index (χ3n) is 2.50. The Morgan fingerprint density at radius 3 is 2.38 bits per heavy atom. The summed E-state index contributed by atoms with van der Waals surface area (Å²) in [5.41, 5.74) is 1.44. The molecule has 0 saturated heterocycles. The molecule has 16 heavy (non-hydrogen) atoms. The van der Waals surface area contributed by atoms with Crippen LogP contribution in [0.1, 0.15) is 12.5 Å². The zero-order valence-corrected chi connectivity index (χ0v) is 14.2. The minimum absolute atomic E-state index is 0.202. The number of rotatable bonds is 5. The summed E-state index contributed by atoms with van der Waals surface area (Å²) in [6.07, 6.45) is 0.978. The van der Waals surface area contributed by atoms with Crippen molar-refractivity contribution in [2.24, 2.45) is 5.41 Å². The van der Waals surface area contributed by atoms with E-state index in [1.807, 2.05) is 12.1 Å². The van der Waals surface area contributed by atoms with Crippen LogP contribution in [-0.2, 0) is 6.42 Å². The van der Waals surface area contributed by atoms with Gasteiger partial charge in [0.2, 0.25) is 0 Å². The molecule has 0 amide bonds. The molecule has 1 rings (SSSR count). The first-order chi connectivity index (χ1) is 7.54. The van der Waals surface area contributed by atoms with Gasteiger partial charge in [0.15, 0.2) is 0 Å². The highest BCUT2D eigenvalue weighted by molar-refractivity contribution is 9.10. The van der Waals surface area contributed by atoms with Crippen LogP contribution in [-0.4, -0.2) is 17.8 Å². The molecular weight excluding hydrogens is 400 g/mol. The van der Waals surface area contributed by atoms with Gasteiger partial charge in [-0.05, 0) is 35.6 Å². The van der Waals surface area contributed by atoms with Crippen molar-refractivity contribution in [2.45, 2.75) is 13.3 Å². The maximum Gasteiger partial charge on any atom is 0.122 e. The minimum atomic E-state index is 0.202. The van der Waals surface area contributed by atoms with Gasteiger partial charge in [-0.25, -0.2) is 0 Å². The van der Waals surface area contributed by atoms with Crippen molar-refractivity contribution in [1.29, 1.82) is 0 Å². The summed E-state index contributed by atoms with van der Waals surface area (Å²) in [5, 5.41) is 1.92. The minimum Gasteiger partial charge on any atom is -0.496 e. The van der Waals surface area contributed by atoms with E-state index in [1.165, 1.54) is 5.56 Å². The Hall–Kier alpha value is 0.460. The van der Waals surface area contributed by atoms with E-state index in [0.717, 1.165) is 27.3 Å². The zero-order valence-electron chi connectivity index (χ0n) is 9.40. The number of benzene rings is 1. The highest BCUT2D eigenvalue weighted by Crippen LogP contribution is 2.32. The molecule has 0 spiro atoms. The number of hydrogen-bond donors (Lipinski definition) is 0. The molecular formula is C12H15Br3O. The molecule has 0 saturated carbocycles. The van der Waals surface area contributed by atoms with Gasteiger partial charge >= 0.3 is 0 Å². The fraction of sp³-hybridized carbons (Fsp3) is 0.500. The van der Waals surface area contributed by atoms with Crippen molar-refractivity contribution in [3.8, 4) is 5.75 Å². The second kappa shape index (κ2) is 6.41. The van der Waals surface area contributed by atoms with Crippen LogP contribution in [0.25, 0.3) is 0 Å². The Balaban J connectivity index is 2.98. The molecule has 0 aromatic heterocycles. The molecule has 90 valence electrons. The first kappa shape index (κ1) is 14.5. The van der Waals surface area contributed by atoms with E-state index in [-0.39, 0.29) is 5.41 Å². The molecule has 0 unspecified atom stereocenters. The van der Waals surface area contributed by atoms with Gasteiger partial charge in [0.05, 0.1) is 7.11 Å². The van der Waals surface area contributed by atoms with Crippen LogP contribution >= 0.6 is 47.8 Å². The van der Waals surface area contributed by atoms with E-state index >= 15 is 0 Å². The molecule has 1 aromatic rings. The molecule has 0 aliphatic carbocycles. The third-order valence-corrected chi connectivity index (χ3v) is 5.71. The van der Waals surface area contributed by atoms with Crippen LogP contribution in [0.4, 0.5) is 0 Å². The van der Waals surface area contributed by atoms with Crippen molar-refractivity contribution < 1.29 is 4.74 Å². The fourth-order valence-corrected chi connectivity index (χ4v) is 3.21. The topological polar surface area (TPSA) is 9.23 Å². The number of alkyl halides is 2. The lowest BCUT2D eigenvalue weighted by atomic mass is 9.87. The first-order valence-electron chi connectivity index (χ1n) is 4.99. The second-order valence-electron chi connectivity index (χ2n) is 4.21. The lowest BCUT2D eigenvalue weighted by Gasteiger charge is -2.25. The van der Waals surface area contributed by atoms with E-state index < -0.39 is 0 Å². The van der Waals surface area contributed by atoms with E-state index in [1.54, 1.807) is 7.11 Å².